The van der Waals surface area contributed by atoms with Gasteiger partial charge in [0, 0.05) is 25.7 Å². The highest BCUT2D eigenvalue weighted by Crippen LogP contribution is 2.37. The summed E-state index contributed by atoms with van der Waals surface area (Å²) in [6.07, 6.45) is 6.88. The van der Waals surface area contributed by atoms with Crippen LogP contribution in [0.15, 0.2) is 0 Å². The average molecular weight is 224 g/mol. The smallest absolute Gasteiger partial charge is 0.0622 e. The van der Waals surface area contributed by atoms with E-state index in [2.05, 4.69) is 10.2 Å². The van der Waals surface area contributed by atoms with Crippen LogP contribution in [0.1, 0.15) is 32.1 Å². The fourth-order valence-corrected chi connectivity index (χ4v) is 3.75. The van der Waals surface area contributed by atoms with E-state index in [1.165, 1.54) is 58.3 Å². The molecule has 1 spiro atoms. The quantitative estimate of drug-likeness (QED) is 0.725. The number of nitrogens with zero attached hydrogens (tertiary/aromatic N) is 1. The number of hydrogen-bond donors (Lipinski definition) is 1. The minimum atomic E-state index is 0.596. The summed E-state index contributed by atoms with van der Waals surface area (Å²) in [5.74, 6) is 0. The van der Waals surface area contributed by atoms with E-state index in [0.717, 1.165) is 19.3 Å². The van der Waals surface area contributed by atoms with E-state index in [1.54, 1.807) is 0 Å². The molecule has 0 radical (unpaired) electrons. The average Bonchev–Trinajstić information content (AvgIpc) is 2.83. The van der Waals surface area contributed by atoms with Gasteiger partial charge in [-0.05, 0) is 50.6 Å². The Balaban J connectivity index is 1.64. The first-order valence-electron chi connectivity index (χ1n) is 6.91. The van der Waals surface area contributed by atoms with E-state index in [1.807, 2.05) is 0 Å². The van der Waals surface area contributed by atoms with Crippen molar-refractivity contribution in [3.05, 3.63) is 0 Å². The van der Waals surface area contributed by atoms with Crippen LogP contribution in [-0.4, -0.2) is 50.3 Å². The van der Waals surface area contributed by atoms with Gasteiger partial charge in [-0.1, -0.05) is 0 Å². The fourth-order valence-electron chi connectivity index (χ4n) is 3.75. The third-order valence-corrected chi connectivity index (χ3v) is 4.67. The first-order chi connectivity index (χ1) is 7.88. The van der Waals surface area contributed by atoms with Gasteiger partial charge in [0.25, 0.3) is 0 Å². The van der Waals surface area contributed by atoms with Crippen LogP contribution < -0.4 is 5.32 Å². The molecule has 16 heavy (non-hydrogen) atoms. The van der Waals surface area contributed by atoms with Crippen LogP contribution in [0.5, 0.6) is 0 Å². The topological polar surface area (TPSA) is 24.5 Å². The minimum Gasteiger partial charge on any atom is -0.380 e. The lowest BCUT2D eigenvalue weighted by Crippen LogP contribution is -2.53. The van der Waals surface area contributed by atoms with Crippen molar-refractivity contribution in [1.82, 2.24) is 10.2 Å². The summed E-state index contributed by atoms with van der Waals surface area (Å²) in [5, 5.41) is 3.60. The predicted octanol–water partition coefficient (Wildman–Crippen LogP) is 1.24. The Labute approximate surface area is 98.5 Å². The zero-order chi connectivity index (χ0) is 10.8. The molecule has 3 heterocycles. The van der Waals surface area contributed by atoms with E-state index in [4.69, 9.17) is 4.74 Å². The van der Waals surface area contributed by atoms with Gasteiger partial charge >= 0.3 is 0 Å². The second kappa shape index (κ2) is 4.63. The molecule has 0 amide bonds. The molecule has 0 bridgehead atoms. The lowest BCUT2D eigenvalue weighted by Gasteiger charge is -2.47. The molecule has 2 atom stereocenters. The third-order valence-electron chi connectivity index (χ3n) is 4.67. The van der Waals surface area contributed by atoms with Gasteiger partial charge in [0.2, 0.25) is 0 Å². The number of ether oxygens (including phenoxy) is 1. The van der Waals surface area contributed by atoms with Gasteiger partial charge in [-0.25, -0.2) is 0 Å². The number of nitrogens with one attached hydrogen (secondary N) is 1. The van der Waals surface area contributed by atoms with E-state index in [0.29, 0.717) is 5.41 Å². The molecule has 3 aliphatic rings. The highest BCUT2D eigenvalue weighted by atomic mass is 16.5. The van der Waals surface area contributed by atoms with Crippen molar-refractivity contribution in [2.45, 2.75) is 38.1 Å². The summed E-state index contributed by atoms with van der Waals surface area (Å²) in [5.41, 5.74) is 0.596. The molecule has 0 saturated carbocycles. The Morgan fingerprint density at radius 3 is 2.94 bits per heavy atom. The van der Waals surface area contributed by atoms with Crippen molar-refractivity contribution in [2.75, 3.05) is 39.4 Å². The monoisotopic (exact) mass is 224 g/mol. The van der Waals surface area contributed by atoms with E-state index in [-0.39, 0.29) is 0 Å². The Kier molecular flexibility index (Phi) is 3.18. The zero-order valence-corrected chi connectivity index (χ0v) is 10.2. The molecule has 0 aromatic rings. The fraction of sp³-hybridized carbons (Fsp3) is 1.00. The zero-order valence-electron chi connectivity index (χ0n) is 10.2. The molecular weight excluding hydrogens is 200 g/mol. The van der Waals surface area contributed by atoms with Crippen LogP contribution >= 0.6 is 0 Å². The number of rotatable bonds is 1. The molecule has 3 fully saturated rings. The maximum atomic E-state index is 5.53. The Morgan fingerprint density at radius 1 is 1.25 bits per heavy atom. The molecule has 3 aliphatic heterocycles. The summed E-state index contributed by atoms with van der Waals surface area (Å²) < 4.78 is 5.53. The largest absolute Gasteiger partial charge is 0.380 e. The van der Waals surface area contributed by atoms with Crippen molar-refractivity contribution in [2.24, 2.45) is 5.41 Å². The number of piperidine rings is 2. The van der Waals surface area contributed by atoms with Crippen molar-refractivity contribution in [3.63, 3.8) is 0 Å². The summed E-state index contributed by atoms with van der Waals surface area (Å²) in [4.78, 5) is 2.71. The number of hydrogen-bond acceptors (Lipinski definition) is 3. The molecule has 2 unspecified atom stereocenters. The standard InChI is InChI=1S/C13H24N2O/c1-4-13(10-14-6-1)5-2-7-15(11-13)12-3-8-16-9-12/h12,14H,1-11H2. The lowest BCUT2D eigenvalue weighted by atomic mass is 9.74. The van der Waals surface area contributed by atoms with Crippen LogP contribution in [0.3, 0.4) is 0 Å². The molecule has 3 nitrogen and oxygen atoms in total. The first-order valence-corrected chi connectivity index (χ1v) is 6.91. The van der Waals surface area contributed by atoms with Gasteiger partial charge < -0.3 is 10.1 Å². The van der Waals surface area contributed by atoms with Crippen LogP contribution in [0.4, 0.5) is 0 Å². The minimum absolute atomic E-state index is 0.596. The normalized spacial score (nSPS) is 41.6. The van der Waals surface area contributed by atoms with Crippen molar-refractivity contribution < 1.29 is 4.74 Å². The van der Waals surface area contributed by atoms with E-state index >= 15 is 0 Å². The van der Waals surface area contributed by atoms with E-state index < -0.39 is 0 Å². The molecule has 92 valence electrons. The molecular formula is C13H24N2O. The van der Waals surface area contributed by atoms with Gasteiger partial charge in [-0.3, -0.25) is 4.90 Å². The summed E-state index contributed by atoms with van der Waals surface area (Å²) in [6.45, 7) is 7.05. The van der Waals surface area contributed by atoms with Gasteiger partial charge in [-0.2, -0.15) is 0 Å². The van der Waals surface area contributed by atoms with Gasteiger partial charge in [0.15, 0.2) is 0 Å². The van der Waals surface area contributed by atoms with Gasteiger partial charge in [0.1, 0.15) is 0 Å². The first kappa shape index (κ1) is 11.0. The molecule has 0 aliphatic carbocycles. The number of likely N-dealkylation sites (tertiary alicyclic amines) is 1. The van der Waals surface area contributed by atoms with Crippen LogP contribution in [0.2, 0.25) is 0 Å². The molecule has 3 heteroatoms. The highest BCUT2D eigenvalue weighted by Gasteiger charge is 2.39. The SMILES string of the molecule is C1CNCC2(C1)CCCN(C1CCOC1)C2. The summed E-state index contributed by atoms with van der Waals surface area (Å²) >= 11 is 0. The second-order valence-electron chi connectivity index (χ2n) is 5.87. The molecule has 0 aromatic heterocycles. The Morgan fingerprint density at radius 2 is 2.19 bits per heavy atom. The van der Waals surface area contributed by atoms with Crippen molar-refractivity contribution in [1.29, 1.82) is 0 Å². The summed E-state index contributed by atoms with van der Waals surface area (Å²) in [7, 11) is 0. The molecule has 1 N–H and O–H groups in total. The van der Waals surface area contributed by atoms with Crippen LogP contribution in [0, 0.1) is 5.41 Å². The Hall–Kier alpha value is -0.120. The third kappa shape index (κ3) is 2.13. The predicted molar refractivity (Wildman–Crippen MR) is 64.6 cm³/mol. The Bertz CT molecular complexity index is 227. The summed E-state index contributed by atoms with van der Waals surface area (Å²) in [6, 6.07) is 0.721. The second-order valence-corrected chi connectivity index (χ2v) is 5.87. The molecule has 3 rings (SSSR count). The van der Waals surface area contributed by atoms with Crippen LogP contribution in [-0.2, 0) is 4.74 Å². The lowest BCUT2D eigenvalue weighted by molar-refractivity contribution is 0.0333. The molecule has 0 aromatic carbocycles. The van der Waals surface area contributed by atoms with Gasteiger partial charge in [0.05, 0.1) is 6.61 Å². The van der Waals surface area contributed by atoms with Crippen LogP contribution in [0.25, 0.3) is 0 Å². The maximum absolute atomic E-state index is 5.53. The van der Waals surface area contributed by atoms with E-state index in [9.17, 15) is 0 Å². The van der Waals surface area contributed by atoms with Gasteiger partial charge in [-0.15, -0.1) is 0 Å². The maximum Gasteiger partial charge on any atom is 0.0622 e. The highest BCUT2D eigenvalue weighted by molar-refractivity contribution is 4.93. The molecule has 3 saturated heterocycles. The van der Waals surface area contributed by atoms with Crippen molar-refractivity contribution >= 4 is 0 Å². The van der Waals surface area contributed by atoms with Crippen molar-refractivity contribution in [3.8, 4) is 0 Å².